The maximum Gasteiger partial charge on any atom is 0.249 e. The van der Waals surface area contributed by atoms with Gasteiger partial charge in [0.2, 0.25) is 5.82 Å². The smallest absolute Gasteiger partial charge is 0.249 e. The fourth-order valence-corrected chi connectivity index (χ4v) is 0.198. The standard InChI is InChI=1S/C3H9N5O/c1-3(8(5)9)7(4)6-2/h8H,1-2,4-5H2. The highest BCUT2D eigenvalue weighted by atomic mass is 16.5. The zero-order valence-corrected chi connectivity index (χ0v) is 4.87. The van der Waals surface area contributed by atoms with Gasteiger partial charge in [-0.15, -0.1) is 5.12 Å². The molecule has 0 bridgehead atoms. The van der Waals surface area contributed by atoms with Gasteiger partial charge in [0.05, 0.1) is 0 Å². The van der Waals surface area contributed by atoms with Crippen LogP contribution >= 0.6 is 0 Å². The van der Waals surface area contributed by atoms with Crippen molar-refractivity contribution >= 4 is 6.72 Å². The Morgan fingerprint density at radius 1 is 1.78 bits per heavy atom. The number of nitrogens with one attached hydrogen (secondary N) is 1. The molecule has 0 rings (SSSR count). The molecule has 1 unspecified atom stereocenters. The van der Waals surface area contributed by atoms with Crippen LogP contribution in [0, 0.1) is 5.21 Å². The van der Waals surface area contributed by atoms with Gasteiger partial charge in [-0.1, -0.05) is 0 Å². The molecule has 5 N–H and O–H groups in total. The summed E-state index contributed by atoms with van der Waals surface area (Å²) in [6.07, 6.45) is 0. The SMILES string of the molecule is C=NN(N)C(=C)[NH+](N)[O-]. The molecule has 0 spiro atoms. The van der Waals surface area contributed by atoms with Crippen molar-refractivity contribution < 1.29 is 5.17 Å². The molecule has 0 saturated carbocycles. The van der Waals surface area contributed by atoms with E-state index in [-0.39, 0.29) is 5.82 Å². The van der Waals surface area contributed by atoms with Gasteiger partial charge >= 0.3 is 0 Å². The first-order valence-corrected chi connectivity index (χ1v) is 2.09. The summed E-state index contributed by atoms with van der Waals surface area (Å²) in [6, 6.07) is 0. The molecule has 0 aromatic heterocycles. The molecule has 9 heavy (non-hydrogen) atoms. The van der Waals surface area contributed by atoms with Crippen molar-refractivity contribution in [3.05, 3.63) is 17.6 Å². The van der Waals surface area contributed by atoms with Gasteiger partial charge in [-0.05, 0) is 6.58 Å². The second-order valence-corrected chi connectivity index (χ2v) is 1.30. The van der Waals surface area contributed by atoms with Gasteiger partial charge in [0.25, 0.3) is 0 Å². The predicted molar refractivity (Wildman–Crippen MR) is 33.2 cm³/mol. The molecule has 6 nitrogen and oxygen atoms in total. The van der Waals surface area contributed by atoms with Crippen LogP contribution < -0.4 is 16.9 Å². The van der Waals surface area contributed by atoms with Gasteiger partial charge in [0, 0.05) is 6.72 Å². The summed E-state index contributed by atoms with van der Waals surface area (Å²) in [5.41, 5.74) is 0. The lowest BCUT2D eigenvalue weighted by atomic mass is 10.8. The Labute approximate surface area is 52.5 Å². The summed E-state index contributed by atoms with van der Waals surface area (Å²) in [4.78, 5) is 0. The predicted octanol–water partition coefficient (Wildman–Crippen LogP) is -2.49. The number of nitrogens with zero attached hydrogens (tertiary/aromatic N) is 2. The first-order valence-electron chi connectivity index (χ1n) is 2.09. The summed E-state index contributed by atoms with van der Waals surface area (Å²) >= 11 is 0. The fourth-order valence-electron chi connectivity index (χ4n) is 0.198. The van der Waals surface area contributed by atoms with Crippen LogP contribution in [0.25, 0.3) is 0 Å². The van der Waals surface area contributed by atoms with Crippen LogP contribution in [-0.4, -0.2) is 11.8 Å². The van der Waals surface area contributed by atoms with E-state index in [9.17, 15) is 5.21 Å². The summed E-state index contributed by atoms with van der Waals surface area (Å²) in [5.74, 6) is 9.69. The molecular formula is C3H9N5O. The Hall–Kier alpha value is -0.950. The van der Waals surface area contributed by atoms with E-state index in [0.717, 1.165) is 0 Å². The van der Waals surface area contributed by atoms with Crippen molar-refractivity contribution in [3.8, 4) is 0 Å². The Balaban J connectivity index is 3.87. The number of quaternary nitrogens is 1. The van der Waals surface area contributed by atoms with Crippen molar-refractivity contribution in [2.45, 2.75) is 0 Å². The highest BCUT2D eigenvalue weighted by molar-refractivity contribution is 5.22. The van der Waals surface area contributed by atoms with E-state index >= 15 is 0 Å². The molecule has 0 aromatic rings. The fraction of sp³-hybridized carbons (Fsp3) is 0. The Bertz CT molecular complexity index is 121. The van der Waals surface area contributed by atoms with E-state index in [4.69, 9.17) is 11.7 Å². The molecule has 0 aromatic carbocycles. The van der Waals surface area contributed by atoms with Gasteiger partial charge in [0.1, 0.15) is 0 Å². The molecule has 0 aliphatic carbocycles. The summed E-state index contributed by atoms with van der Waals surface area (Å²) in [5, 5.41) is 13.4. The molecule has 0 heterocycles. The number of hydrazone groups is 1. The maximum atomic E-state index is 10.2. The summed E-state index contributed by atoms with van der Waals surface area (Å²) < 4.78 is 0. The van der Waals surface area contributed by atoms with E-state index < -0.39 is 5.17 Å². The topological polar surface area (TPSA) is 95.1 Å². The molecule has 1 atom stereocenters. The van der Waals surface area contributed by atoms with Gasteiger partial charge in [0.15, 0.2) is 0 Å². The third kappa shape index (κ3) is 2.20. The highest BCUT2D eigenvalue weighted by Gasteiger charge is 2.02. The number of hydrogen-bond donors (Lipinski definition) is 3. The average molecular weight is 131 g/mol. The van der Waals surface area contributed by atoms with E-state index in [2.05, 4.69) is 18.4 Å². The van der Waals surface area contributed by atoms with Crippen molar-refractivity contribution in [3.63, 3.8) is 0 Å². The van der Waals surface area contributed by atoms with Crippen LogP contribution in [-0.2, 0) is 0 Å². The van der Waals surface area contributed by atoms with E-state index in [1.54, 1.807) is 0 Å². The van der Waals surface area contributed by atoms with Crippen molar-refractivity contribution in [2.24, 2.45) is 16.8 Å². The lowest BCUT2D eigenvalue weighted by Gasteiger charge is -2.20. The third-order valence-corrected chi connectivity index (χ3v) is 0.713. The van der Waals surface area contributed by atoms with Crippen LogP contribution in [0.5, 0.6) is 0 Å². The van der Waals surface area contributed by atoms with Crippen LogP contribution in [0.4, 0.5) is 0 Å². The molecule has 0 saturated heterocycles. The zero-order chi connectivity index (χ0) is 7.44. The van der Waals surface area contributed by atoms with Crippen molar-refractivity contribution in [1.82, 2.24) is 5.12 Å². The summed E-state index contributed by atoms with van der Waals surface area (Å²) in [7, 11) is 0. The van der Waals surface area contributed by atoms with Crippen LogP contribution in [0.15, 0.2) is 17.5 Å². The molecule has 0 fully saturated rings. The quantitative estimate of drug-likeness (QED) is 0.224. The molecule has 52 valence electrons. The molecule has 0 radical (unpaired) electrons. The van der Waals surface area contributed by atoms with Crippen molar-refractivity contribution in [2.75, 3.05) is 0 Å². The number of nitrogens with two attached hydrogens (primary N) is 2. The van der Waals surface area contributed by atoms with E-state index in [1.807, 2.05) is 0 Å². The highest BCUT2D eigenvalue weighted by Crippen LogP contribution is 1.80. The lowest BCUT2D eigenvalue weighted by molar-refractivity contribution is -0.829. The second-order valence-electron chi connectivity index (χ2n) is 1.30. The molecule has 0 aliphatic heterocycles. The maximum absolute atomic E-state index is 10.2. The van der Waals surface area contributed by atoms with E-state index in [0.29, 0.717) is 5.12 Å². The minimum Gasteiger partial charge on any atom is -0.607 e. The Morgan fingerprint density at radius 3 is 2.33 bits per heavy atom. The van der Waals surface area contributed by atoms with Gasteiger partial charge in [-0.3, -0.25) is 0 Å². The lowest BCUT2D eigenvalue weighted by Crippen LogP contribution is -3.12. The first-order chi connectivity index (χ1) is 4.09. The largest absolute Gasteiger partial charge is 0.607 e. The molecule has 0 amide bonds. The average Bonchev–Trinajstić information content (AvgIpc) is 1.84. The zero-order valence-electron chi connectivity index (χ0n) is 4.87. The summed E-state index contributed by atoms with van der Waals surface area (Å²) in [6.45, 7) is 6.26. The van der Waals surface area contributed by atoms with Crippen LogP contribution in [0.3, 0.4) is 0 Å². The van der Waals surface area contributed by atoms with E-state index in [1.165, 1.54) is 0 Å². The van der Waals surface area contributed by atoms with Crippen LogP contribution in [0.2, 0.25) is 0 Å². The minimum absolute atomic E-state index is 0.0926. The molecule has 0 aliphatic rings. The van der Waals surface area contributed by atoms with Gasteiger partial charge in [-0.25, -0.2) is 11.0 Å². The third-order valence-electron chi connectivity index (χ3n) is 0.713. The number of hydrogen-bond acceptors (Lipinski definition) is 5. The Kier molecular flexibility index (Phi) is 2.82. The van der Waals surface area contributed by atoms with Crippen molar-refractivity contribution in [1.29, 1.82) is 0 Å². The number of rotatable bonds is 3. The van der Waals surface area contributed by atoms with Gasteiger partial charge in [-0.2, -0.15) is 10.9 Å². The Morgan fingerprint density at radius 2 is 2.22 bits per heavy atom. The normalized spacial score (nSPS) is 12.3. The van der Waals surface area contributed by atoms with Crippen LogP contribution in [0.1, 0.15) is 0 Å². The molecule has 6 heteroatoms. The molecular weight excluding hydrogens is 122 g/mol. The number of hydroxylamine groups is 1. The van der Waals surface area contributed by atoms with Gasteiger partial charge < -0.3 is 5.21 Å². The minimum atomic E-state index is -0.718. The first kappa shape index (κ1) is 8.05. The number of hydrazine groups is 1. The monoisotopic (exact) mass is 131 g/mol. The second kappa shape index (κ2) is 3.15.